The highest BCUT2D eigenvalue weighted by Gasteiger charge is 2.29. The lowest BCUT2D eigenvalue weighted by Crippen LogP contribution is -2.38. The lowest BCUT2D eigenvalue weighted by atomic mass is 10.2. The van der Waals surface area contributed by atoms with Crippen LogP contribution in [-0.4, -0.2) is 59.6 Å². The maximum absolute atomic E-state index is 12.5. The molecule has 5 heteroatoms. The second-order valence-corrected chi connectivity index (χ2v) is 5.99. The highest BCUT2D eigenvalue weighted by molar-refractivity contribution is 7.10. The van der Waals surface area contributed by atoms with Crippen LogP contribution in [0.5, 0.6) is 0 Å². The van der Waals surface area contributed by atoms with Gasteiger partial charge in [0, 0.05) is 24.5 Å². The second kappa shape index (κ2) is 7.60. The number of aliphatic hydroxyl groups is 1. The first kappa shape index (κ1) is 16.0. The molecular formula is C16H22N2O2S. The number of carbonyl (C=O) groups excluding carboxylic acids is 1. The lowest BCUT2D eigenvalue weighted by Gasteiger charge is -2.26. The SMILES string of the molecule is CCN(CC)C1CCN(C(=O)c2csc(C#CCO)c2)C1. The minimum absolute atomic E-state index is 0.0953. The Morgan fingerprint density at radius 2 is 2.29 bits per heavy atom. The molecule has 0 bridgehead atoms. The van der Waals surface area contributed by atoms with Crippen molar-refractivity contribution in [1.82, 2.24) is 9.80 Å². The first-order valence-electron chi connectivity index (χ1n) is 7.41. The van der Waals surface area contributed by atoms with E-state index in [1.54, 1.807) is 0 Å². The molecule has 1 aliphatic heterocycles. The van der Waals surface area contributed by atoms with Crippen LogP contribution in [0.4, 0.5) is 0 Å². The van der Waals surface area contributed by atoms with Crippen molar-refractivity contribution < 1.29 is 9.90 Å². The van der Waals surface area contributed by atoms with Crippen molar-refractivity contribution in [1.29, 1.82) is 0 Å². The van der Waals surface area contributed by atoms with Crippen molar-refractivity contribution in [2.75, 3.05) is 32.8 Å². The zero-order chi connectivity index (χ0) is 15.2. The number of thiophene rings is 1. The van der Waals surface area contributed by atoms with Gasteiger partial charge in [0.25, 0.3) is 5.91 Å². The monoisotopic (exact) mass is 306 g/mol. The molecule has 1 unspecified atom stereocenters. The van der Waals surface area contributed by atoms with Gasteiger partial charge in [-0.15, -0.1) is 11.3 Å². The van der Waals surface area contributed by atoms with E-state index in [4.69, 9.17) is 5.11 Å². The predicted molar refractivity (Wildman–Crippen MR) is 85.5 cm³/mol. The van der Waals surface area contributed by atoms with Gasteiger partial charge in [0.05, 0.1) is 10.4 Å². The van der Waals surface area contributed by atoms with Gasteiger partial charge in [0.15, 0.2) is 0 Å². The van der Waals surface area contributed by atoms with Crippen molar-refractivity contribution in [2.45, 2.75) is 26.3 Å². The molecule has 1 fully saturated rings. The fourth-order valence-corrected chi connectivity index (χ4v) is 3.54. The van der Waals surface area contributed by atoms with Crippen molar-refractivity contribution in [3.05, 3.63) is 21.9 Å². The number of aliphatic hydroxyl groups excluding tert-OH is 1. The fraction of sp³-hybridized carbons (Fsp3) is 0.562. The predicted octanol–water partition coefficient (Wildman–Crippen LogP) is 1.65. The van der Waals surface area contributed by atoms with E-state index >= 15 is 0 Å². The van der Waals surface area contributed by atoms with Gasteiger partial charge >= 0.3 is 0 Å². The molecule has 1 aliphatic rings. The zero-order valence-corrected chi connectivity index (χ0v) is 13.4. The molecule has 0 saturated carbocycles. The molecule has 1 aromatic heterocycles. The third kappa shape index (κ3) is 3.85. The van der Waals surface area contributed by atoms with Gasteiger partial charge in [-0.1, -0.05) is 25.7 Å². The summed E-state index contributed by atoms with van der Waals surface area (Å²) >= 11 is 1.45. The number of rotatable bonds is 4. The molecule has 0 aliphatic carbocycles. The molecule has 0 aromatic carbocycles. The Balaban J connectivity index is 1.99. The number of likely N-dealkylation sites (N-methyl/N-ethyl adjacent to an activating group) is 1. The van der Waals surface area contributed by atoms with E-state index in [0.29, 0.717) is 11.6 Å². The van der Waals surface area contributed by atoms with Crippen molar-refractivity contribution >= 4 is 17.2 Å². The smallest absolute Gasteiger partial charge is 0.254 e. The molecule has 1 amide bonds. The van der Waals surface area contributed by atoms with Crippen LogP contribution >= 0.6 is 11.3 Å². The van der Waals surface area contributed by atoms with E-state index in [-0.39, 0.29) is 12.5 Å². The van der Waals surface area contributed by atoms with E-state index in [2.05, 4.69) is 30.6 Å². The first-order chi connectivity index (χ1) is 10.2. The summed E-state index contributed by atoms with van der Waals surface area (Å²) in [7, 11) is 0. The summed E-state index contributed by atoms with van der Waals surface area (Å²) in [4.78, 5) is 17.7. The van der Waals surface area contributed by atoms with Crippen molar-refractivity contribution in [3.63, 3.8) is 0 Å². The van der Waals surface area contributed by atoms with E-state index < -0.39 is 0 Å². The Bertz CT molecular complexity index is 540. The van der Waals surface area contributed by atoms with E-state index in [1.165, 1.54) is 11.3 Å². The number of carbonyl (C=O) groups is 1. The van der Waals surface area contributed by atoms with Gasteiger partial charge in [0.1, 0.15) is 6.61 Å². The van der Waals surface area contributed by atoms with Gasteiger partial charge in [-0.3, -0.25) is 9.69 Å². The van der Waals surface area contributed by atoms with Crippen molar-refractivity contribution in [3.8, 4) is 11.8 Å². The van der Waals surface area contributed by atoms with Crippen LogP contribution < -0.4 is 0 Å². The van der Waals surface area contributed by atoms with E-state index in [0.717, 1.165) is 37.5 Å². The molecule has 1 N–H and O–H groups in total. The summed E-state index contributed by atoms with van der Waals surface area (Å²) in [5.41, 5.74) is 0.711. The highest BCUT2D eigenvalue weighted by atomic mass is 32.1. The quantitative estimate of drug-likeness (QED) is 0.860. The Morgan fingerprint density at radius 3 is 2.95 bits per heavy atom. The van der Waals surface area contributed by atoms with Crippen LogP contribution in [0.3, 0.4) is 0 Å². The van der Waals surface area contributed by atoms with Crippen molar-refractivity contribution in [2.24, 2.45) is 0 Å². The third-order valence-corrected chi connectivity index (χ3v) is 4.76. The maximum Gasteiger partial charge on any atom is 0.254 e. The van der Waals surface area contributed by atoms with Crippen LogP contribution in [0.2, 0.25) is 0 Å². The normalized spacial score (nSPS) is 17.9. The molecule has 2 heterocycles. The summed E-state index contributed by atoms with van der Waals surface area (Å²) in [6, 6.07) is 2.30. The molecular weight excluding hydrogens is 284 g/mol. The second-order valence-electron chi connectivity index (χ2n) is 5.07. The summed E-state index contributed by atoms with van der Waals surface area (Å²) in [6.07, 6.45) is 1.05. The van der Waals surface area contributed by atoms with Crippen LogP contribution in [0.25, 0.3) is 0 Å². The molecule has 4 nitrogen and oxygen atoms in total. The van der Waals surface area contributed by atoms with Gasteiger partial charge in [0.2, 0.25) is 0 Å². The number of hydrogen-bond acceptors (Lipinski definition) is 4. The van der Waals surface area contributed by atoms with Gasteiger partial charge < -0.3 is 10.0 Å². The molecule has 21 heavy (non-hydrogen) atoms. The Morgan fingerprint density at radius 1 is 1.52 bits per heavy atom. The standard InChI is InChI=1S/C16H22N2O2S/c1-3-17(4-2)14-7-8-18(11-14)16(20)13-10-15(21-12-13)6-5-9-19/h10,12,14,19H,3-4,7-9,11H2,1-2H3. The molecule has 114 valence electrons. The Kier molecular flexibility index (Phi) is 5.80. The van der Waals surface area contributed by atoms with Gasteiger partial charge in [-0.25, -0.2) is 0 Å². The maximum atomic E-state index is 12.5. The summed E-state index contributed by atoms with van der Waals surface area (Å²) in [6.45, 7) is 7.88. The number of nitrogens with zero attached hydrogens (tertiary/aromatic N) is 2. The van der Waals surface area contributed by atoms with Crippen LogP contribution in [-0.2, 0) is 0 Å². The molecule has 0 radical (unpaired) electrons. The van der Waals surface area contributed by atoms with E-state index in [9.17, 15) is 4.79 Å². The molecule has 2 rings (SSSR count). The average Bonchev–Trinajstić information content (AvgIpc) is 3.15. The largest absolute Gasteiger partial charge is 0.384 e. The molecule has 1 saturated heterocycles. The molecule has 1 atom stereocenters. The Labute approximate surface area is 130 Å². The van der Waals surface area contributed by atoms with E-state index in [1.807, 2.05) is 16.3 Å². The van der Waals surface area contributed by atoms with Crippen LogP contribution in [0, 0.1) is 11.8 Å². The zero-order valence-electron chi connectivity index (χ0n) is 12.6. The number of amides is 1. The first-order valence-corrected chi connectivity index (χ1v) is 8.29. The van der Waals surface area contributed by atoms with Crippen LogP contribution in [0.15, 0.2) is 11.4 Å². The number of likely N-dealkylation sites (tertiary alicyclic amines) is 1. The fourth-order valence-electron chi connectivity index (χ4n) is 2.79. The minimum atomic E-state index is -0.154. The summed E-state index contributed by atoms with van der Waals surface area (Å²) in [5.74, 6) is 5.55. The van der Waals surface area contributed by atoms with Crippen LogP contribution in [0.1, 0.15) is 35.5 Å². The molecule has 0 spiro atoms. The third-order valence-electron chi connectivity index (χ3n) is 3.92. The Hall–Kier alpha value is -1.35. The summed E-state index contributed by atoms with van der Waals surface area (Å²) < 4.78 is 0. The van der Waals surface area contributed by atoms with Gasteiger partial charge in [-0.2, -0.15) is 0 Å². The molecule has 1 aromatic rings. The number of hydrogen-bond donors (Lipinski definition) is 1. The lowest BCUT2D eigenvalue weighted by molar-refractivity contribution is 0.0778. The highest BCUT2D eigenvalue weighted by Crippen LogP contribution is 2.21. The average molecular weight is 306 g/mol. The minimum Gasteiger partial charge on any atom is -0.384 e. The topological polar surface area (TPSA) is 43.8 Å². The van der Waals surface area contributed by atoms with Gasteiger partial charge in [-0.05, 0) is 25.6 Å². The summed E-state index contributed by atoms with van der Waals surface area (Å²) in [5, 5.41) is 10.6.